The van der Waals surface area contributed by atoms with Crippen molar-refractivity contribution in [2.24, 2.45) is 0 Å². The quantitative estimate of drug-likeness (QED) is 0.579. The first-order chi connectivity index (χ1) is 13.2. The van der Waals surface area contributed by atoms with E-state index in [9.17, 15) is 9.59 Å². The number of rotatable bonds is 5. The van der Waals surface area contributed by atoms with Gasteiger partial charge >= 0.3 is 0 Å². The molecule has 0 aliphatic heterocycles. The van der Waals surface area contributed by atoms with E-state index in [1.165, 1.54) is 17.2 Å². The molecule has 2 aromatic carbocycles. The summed E-state index contributed by atoms with van der Waals surface area (Å²) < 4.78 is 2.94. The molecule has 4 rings (SSSR count). The molecule has 0 radical (unpaired) electrons. The van der Waals surface area contributed by atoms with Crippen LogP contribution in [-0.2, 0) is 17.9 Å². The lowest BCUT2D eigenvalue weighted by Gasteiger charge is -2.11. The van der Waals surface area contributed by atoms with Gasteiger partial charge in [-0.3, -0.25) is 14.2 Å². The number of hydrogen-bond acceptors (Lipinski definition) is 5. The van der Waals surface area contributed by atoms with Gasteiger partial charge in [-0.15, -0.1) is 0 Å². The van der Waals surface area contributed by atoms with Gasteiger partial charge in [0, 0.05) is 6.54 Å². The second-order valence-corrected chi connectivity index (χ2v) is 5.94. The average Bonchev–Trinajstić information content (AvgIpc) is 3.24. The summed E-state index contributed by atoms with van der Waals surface area (Å²) in [4.78, 5) is 33.0. The fraction of sp³-hybridized carbons (Fsp3) is 0.105. The lowest BCUT2D eigenvalue weighted by molar-refractivity contribution is -0.121. The fourth-order valence-corrected chi connectivity index (χ4v) is 2.84. The van der Waals surface area contributed by atoms with E-state index in [4.69, 9.17) is 0 Å². The zero-order chi connectivity index (χ0) is 18.6. The van der Waals surface area contributed by atoms with E-state index < -0.39 is 0 Å². The Morgan fingerprint density at radius 1 is 1.04 bits per heavy atom. The molecule has 2 aromatic heterocycles. The molecule has 8 nitrogen and oxygen atoms in total. The van der Waals surface area contributed by atoms with Crippen molar-refractivity contribution in [3.63, 3.8) is 0 Å². The lowest BCUT2D eigenvalue weighted by Crippen LogP contribution is -2.32. The van der Waals surface area contributed by atoms with Crippen LogP contribution >= 0.6 is 0 Å². The highest BCUT2D eigenvalue weighted by Gasteiger charge is 2.10. The van der Waals surface area contributed by atoms with Crippen molar-refractivity contribution in [3.8, 4) is 5.69 Å². The van der Waals surface area contributed by atoms with Crippen molar-refractivity contribution in [1.29, 1.82) is 0 Å². The first kappa shape index (κ1) is 16.6. The van der Waals surface area contributed by atoms with E-state index in [0.717, 1.165) is 11.3 Å². The van der Waals surface area contributed by atoms with E-state index in [1.54, 1.807) is 29.2 Å². The van der Waals surface area contributed by atoms with Crippen molar-refractivity contribution in [2.75, 3.05) is 0 Å². The normalized spacial score (nSPS) is 10.8. The molecule has 1 N–H and O–H groups in total. The van der Waals surface area contributed by atoms with Gasteiger partial charge in [-0.05, 0) is 23.8 Å². The third kappa shape index (κ3) is 3.45. The van der Waals surface area contributed by atoms with E-state index >= 15 is 0 Å². The van der Waals surface area contributed by atoms with Crippen LogP contribution in [0, 0.1) is 0 Å². The summed E-state index contributed by atoms with van der Waals surface area (Å²) in [5, 5.41) is 7.45. The van der Waals surface area contributed by atoms with Gasteiger partial charge in [0.2, 0.25) is 5.91 Å². The molecule has 27 heavy (non-hydrogen) atoms. The zero-order valence-corrected chi connectivity index (χ0v) is 14.3. The van der Waals surface area contributed by atoms with Gasteiger partial charge in [0.1, 0.15) is 19.2 Å². The highest BCUT2D eigenvalue weighted by molar-refractivity contribution is 5.78. The second-order valence-electron chi connectivity index (χ2n) is 5.94. The predicted octanol–water partition coefficient (Wildman–Crippen LogP) is 1.29. The van der Waals surface area contributed by atoms with Crippen molar-refractivity contribution >= 4 is 16.8 Å². The smallest absolute Gasteiger partial charge is 0.261 e. The van der Waals surface area contributed by atoms with E-state index in [0.29, 0.717) is 17.4 Å². The number of fused-ring (bicyclic) bond motifs is 1. The van der Waals surface area contributed by atoms with Crippen LogP contribution in [0.1, 0.15) is 5.56 Å². The molecule has 8 heteroatoms. The van der Waals surface area contributed by atoms with Crippen molar-refractivity contribution in [3.05, 3.63) is 83.4 Å². The molecule has 0 aliphatic carbocycles. The zero-order valence-electron chi connectivity index (χ0n) is 14.3. The minimum absolute atomic E-state index is 0.0951. The van der Waals surface area contributed by atoms with Crippen LogP contribution in [0.15, 0.2) is 72.3 Å². The summed E-state index contributed by atoms with van der Waals surface area (Å²) in [6, 6.07) is 14.6. The number of carbonyl (C=O) groups excluding carboxylic acids is 1. The van der Waals surface area contributed by atoms with Crippen LogP contribution < -0.4 is 10.9 Å². The predicted molar refractivity (Wildman–Crippen MR) is 99.2 cm³/mol. The number of hydrogen-bond donors (Lipinski definition) is 1. The largest absolute Gasteiger partial charge is 0.350 e. The Morgan fingerprint density at radius 2 is 1.85 bits per heavy atom. The lowest BCUT2D eigenvalue weighted by atomic mass is 10.2. The molecular formula is C19H16N6O2. The summed E-state index contributed by atoms with van der Waals surface area (Å²) in [5.41, 5.74) is 2.10. The Bertz CT molecular complexity index is 1150. The highest BCUT2D eigenvalue weighted by Crippen LogP contribution is 2.12. The molecule has 0 atom stereocenters. The van der Waals surface area contributed by atoms with Gasteiger partial charge < -0.3 is 5.32 Å². The molecular weight excluding hydrogens is 344 g/mol. The molecule has 134 valence electrons. The summed E-state index contributed by atoms with van der Waals surface area (Å²) in [6.07, 6.45) is 4.45. The fourth-order valence-electron chi connectivity index (χ4n) is 2.84. The Labute approximate surface area is 154 Å². The number of benzene rings is 2. The topological polar surface area (TPSA) is 94.7 Å². The number of nitrogens with zero attached hydrogens (tertiary/aromatic N) is 5. The summed E-state index contributed by atoms with van der Waals surface area (Å²) in [7, 11) is 0. The van der Waals surface area contributed by atoms with Gasteiger partial charge in [-0.1, -0.05) is 30.3 Å². The maximum Gasteiger partial charge on any atom is 0.261 e. The molecule has 0 spiro atoms. The summed E-state index contributed by atoms with van der Waals surface area (Å²) in [5.74, 6) is -0.275. The number of para-hydroxylation sites is 2. The van der Waals surface area contributed by atoms with Crippen molar-refractivity contribution in [1.82, 2.24) is 29.6 Å². The van der Waals surface area contributed by atoms with E-state index in [2.05, 4.69) is 20.4 Å². The van der Waals surface area contributed by atoms with Crippen LogP contribution in [0.25, 0.3) is 16.6 Å². The van der Waals surface area contributed by atoms with Gasteiger partial charge in [-0.2, -0.15) is 5.10 Å². The van der Waals surface area contributed by atoms with Gasteiger partial charge in [0.15, 0.2) is 0 Å². The van der Waals surface area contributed by atoms with Gasteiger partial charge in [0.25, 0.3) is 5.56 Å². The SMILES string of the molecule is O=C(Cn1cnc2ccccc2c1=O)NCc1ccccc1-n1cncn1. The highest BCUT2D eigenvalue weighted by atomic mass is 16.2. The van der Waals surface area contributed by atoms with Crippen molar-refractivity contribution in [2.45, 2.75) is 13.1 Å². The molecule has 1 amide bonds. The van der Waals surface area contributed by atoms with E-state index in [-0.39, 0.29) is 18.0 Å². The maximum atomic E-state index is 12.5. The monoisotopic (exact) mass is 360 g/mol. The summed E-state index contributed by atoms with van der Waals surface area (Å²) >= 11 is 0. The first-order valence-corrected chi connectivity index (χ1v) is 8.36. The van der Waals surface area contributed by atoms with Crippen LogP contribution in [0.5, 0.6) is 0 Å². The molecule has 0 saturated carbocycles. The standard InChI is InChI=1S/C19H16N6O2/c26-18(10-24-13-22-16-7-3-2-6-15(16)19(24)27)21-9-14-5-1-4-8-17(14)25-12-20-11-23-25/h1-8,11-13H,9-10H2,(H,21,26). The van der Waals surface area contributed by atoms with E-state index in [1.807, 2.05) is 30.3 Å². The average molecular weight is 360 g/mol. The summed E-state index contributed by atoms with van der Waals surface area (Å²) in [6.45, 7) is 0.215. The molecule has 0 unspecified atom stereocenters. The molecule has 2 heterocycles. The molecule has 0 saturated heterocycles. The number of amides is 1. The third-order valence-electron chi connectivity index (χ3n) is 4.18. The molecule has 0 fully saturated rings. The molecule has 0 aliphatic rings. The van der Waals surface area contributed by atoms with Crippen molar-refractivity contribution < 1.29 is 4.79 Å². The molecule has 0 bridgehead atoms. The van der Waals surface area contributed by atoms with Crippen LogP contribution in [0.3, 0.4) is 0 Å². The third-order valence-corrected chi connectivity index (χ3v) is 4.18. The number of nitrogens with one attached hydrogen (secondary N) is 1. The number of aromatic nitrogens is 5. The Balaban J connectivity index is 1.49. The Kier molecular flexibility index (Phi) is 4.44. The number of carbonyl (C=O) groups is 1. The first-order valence-electron chi connectivity index (χ1n) is 8.36. The molecule has 4 aromatic rings. The minimum atomic E-state index is -0.275. The second kappa shape index (κ2) is 7.20. The Morgan fingerprint density at radius 3 is 2.70 bits per heavy atom. The van der Waals surface area contributed by atoms with Crippen LogP contribution in [0.4, 0.5) is 0 Å². The van der Waals surface area contributed by atoms with Crippen LogP contribution in [-0.4, -0.2) is 30.2 Å². The minimum Gasteiger partial charge on any atom is -0.350 e. The van der Waals surface area contributed by atoms with Gasteiger partial charge in [0.05, 0.1) is 22.9 Å². The Hall–Kier alpha value is -3.81. The maximum absolute atomic E-state index is 12.5. The van der Waals surface area contributed by atoms with Crippen LogP contribution in [0.2, 0.25) is 0 Å². The van der Waals surface area contributed by atoms with Gasteiger partial charge in [-0.25, -0.2) is 14.6 Å².